The van der Waals surface area contributed by atoms with E-state index >= 15 is 0 Å². The Kier molecular flexibility index (Phi) is 7.22. The van der Waals surface area contributed by atoms with Crippen LogP contribution in [-0.2, 0) is 17.8 Å². The first-order chi connectivity index (χ1) is 12.4. The molecular weight excluding hydrogens is 416 g/mol. The number of aromatic nitrogens is 2. The van der Waals surface area contributed by atoms with Gasteiger partial charge >= 0.3 is 6.61 Å². The normalized spacial score (nSPS) is 10.8. The molecule has 0 saturated heterocycles. The Morgan fingerprint density at radius 1 is 1.35 bits per heavy atom. The summed E-state index contributed by atoms with van der Waals surface area (Å²) < 4.78 is 36.0. The van der Waals surface area contributed by atoms with E-state index in [0.29, 0.717) is 10.0 Å². The van der Waals surface area contributed by atoms with E-state index in [2.05, 4.69) is 31.1 Å². The smallest absolute Gasteiger partial charge is 0.387 e. The van der Waals surface area contributed by atoms with E-state index in [1.807, 2.05) is 0 Å². The lowest BCUT2D eigenvalue weighted by atomic mass is 10.2. The lowest BCUT2D eigenvalue weighted by Crippen LogP contribution is -2.30. The molecule has 0 aliphatic carbocycles. The van der Waals surface area contributed by atoms with Crippen LogP contribution in [0.15, 0.2) is 39.6 Å². The van der Waals surface area contributed by atoms with Crippen molar-refractivity contribution in [1.82, 2.24) is 15.1 Å². The number of carbonyl (C=O) groups is 1. The summed E-state index contributed by atoms with van der Waals surface area (Å²) >= 11 is 3.24. The number of amides is 1. The molecule has 2 aromatic rings. The van der Waals surface area contributed by atoms with Gasteiger partial charge in [0.1, 0.15) is 11.4 Å². The molecule has 0 aliphatic heterocycles. The number of nitrogens with one attached hydrogen (secondary N) is 1. The SMILES string of the molecule is COCCn1nc(C(=O)NCc2cc(Br)ccc2OC(F)F)ccc1=O. The minimum Gasteiger partial charge on any atom is -0.434 e. The van der Waals surface area contributed by atoms with Gasteiger partial charge in [0.2, 0.25) is 0 Å². The molecule has 0 atom stereocenters. The number of carbonyl (C=O) groups excluding carboxylic acids is 1. The van der Waals surface area contributed by atoms with E-state index in [4.69, 9.17) is 4.74 Å². The summed E-state index contributed by atoms with van der Waals surface area (Å²) in [5.74, 6) is -0.597. The maximum atomic E-state index is 12.5. The second kappa shape index (κ2) is 9.39. The van der Waals surface area contributed by atoms with Crippen LogP contribution in [-0.4, -0.2) is 36.0 Å². The average molecular weight is 432 g/mol. The van der Waals surface area contributed by atoms with Gasteiger partial charge in [0.25, 0.3) is 11.5 Å². The highest BCUT2D eigenvalue weighted by atomic mass is 79.9. The Hall–Kier alpha value is -2.33. The predicted molar refractivity (Wildman–Crippen MR) is 92.3 cm³/mol. The zero-order valence-electron chi connectivity index (χ0n) is 13.7. The van der Waals surface area contributed by atoms with Crippen LogP contribution < -0.4 is 15.6 Å². The number of nitrogens with zero attached hydrogens (tertiary/aromatic N) is 2. The highest BCUT2D eigenvalue weighted by Crippen LogP contribution is 2.24. The van der Waals surface area contributed by atoms with E-state index in [9.17, 15) is 18.4 Å². The number of benzene rings is 1. The van der Waals surface area contributed by atoms with E-state index < -0.39 is 12.5 Å². The first-order valence-electron chi connectivity index (χ1n) is 7.49. The van der Waals surface area contributed by atoms with E-state index in [1.54, 1.807) is 12.1 Å². The Labute approximate surface area is 156 Å². The second-order valence-electron chi connectivity index (χ2n) is 5.09. The lowest BCUT2D eigenvalue weighted by Gasteiger charge is -2.12. The number of hydrogen-bond acceptors (Lipinski definition) is 5. The first-order valence-corrected chi connectivity index (χ1v) is 8.28. The van der Waals surface area contributed by atoms with E-state index in [0.717, 1.165) is 4.68 Å². The summed E-state index contributed by atoms with van der Waals surface area (Å²) in [5, 5.41) is 6.53. The summed E-state index contributed by atoms with van der Waals surface area (Å²) in [5.41, 5.74) is 0.0194. The summed E-state index contributed by atoms with van der Waals surface area (Å²) in [7, 11) is 1.48. The van der Waals surface area contributed by atoms with Gasteiger partial charge in [-0.15, -0.1) is 0 Å². The fourth-order valence-electron chi connectivity index (χ4n) is 2.07. The molecule has 1 aromatic carbocycles. The Morgan fingerprint density at radius 2 is 2.12 bits per heavy atom. The van der Waals surface area contributed by atoms with Gasteiger partial charge in [0.15, 0.2) is 0 Å². The Bertz CT molecular complexity index is 829. The van der Waals surface area contributed by atoms with Crippen LogP contribution in [0.1, 0.15) is 16.1 Å². The number of ether oxygens (including phenoxy) is 2. The summed E-state index contributed by atoms with van der Waals surface area (Å²) in [6.07, 6.45) is 0. The zero-order valence-corrected chi connectivity index (χ0v) is 15.3. The molecule has 7 nitrogen and oxygen atoms in total. The van der Waals surface area contributed by atoms with Crippen molar-refractivity contribution in [2.45, 2.75) is 19.7 Å². The van der Waals surface area contributed by atoms with Crippen molar-refractivity contribution in [3.05, 3.63) is 56.4 Å². The largest absolute Gasteiger partial charge is 0.434 e. The van der Waals surface area contributed by atoms with Gasteiger partial charge in [-0.2, -0.15) is 13.9 Å². The van der Waals surface area contributed by atoms with Gasteiger partial charge in [-0.3, -0.25) is 9.59 Å². The van der Waals surface area contributed by atoms with Gasteiger partial charge in [-0.05, 0) is 24.3 Å². The molecule has 1 heterocycles. The van der Waals surface area contributed by atoms with E-state index in [-0.39, 0.29) is 36.7 Å². The minimum absolute atomic E-state index is 0.0204. The van der Waals surface area contributed by atoms with E-state index in [1.165, 1.54) is 25.3 Å². The lowest BCUT2D eigenvalue weighted by molar-refractivity contribution is -0.0504. The third-order valence-corrected chi connectivity index (χ3v) is 3.78. The minimum atomic E-state index is -2.98. The van der Waals surface area contributed by atoms with Crippen molar-refractivity contribution in [2.75, 3.05) is 13.7 Å². The van der Waals surface area contributed by atoms with Crippen molar-refractivity contribution in [3.63, 3.8) is 0 Å². The van der Waals surface area contributed by atoms with Gasteiger partial charge < -0.3 is 14.8 Å². The molecule has 0 bridgehead atoms. The molecule has 1 aromatic heterocycles. The quantitative estimate of drug-likeness (QED) is 0.692. The van der Waals surface area contributed by atoms with Crippen molar-refractivity contribution in [3.8, 4) is 5.75 Å². The van der Waals surface area contributed by atoms with Gasteiger partial charge in [0.05, 0.1) is 13.2 Å². The highest BCUT2D eigenvalue weighted by Gasteiger charge is 2.13. The highest BCUT2D eigenvalue weighted by molar-refractivity contribution is 9.10. The predicted octanol–water partition coefficient (Wildman–Crippen LogP) is 2.18. The van der Waals surface area contributed by atoms with Crippen molar-refractivity contribution in [1.29, 1.82) is 0 Å². The number of alkyl halides is 2. The molecular formula is C16H16BrF2N3O4. The molecule has 0 radical (unpaired) electrons. The fourth-order valence-corrected chi connectivity index (χ4v) is 2.48. The molecule has 140 valence electrons. The number of rotatable bonds is 8. The standard InChI is InChI=1S/C16H16BrF2N3O4/c1-25-7-6-22-14(23)5-3-12(21-22)15(24)20-9-10-8-11(17)2-4-13(10)26-16(18)19/h2-5,8,16H,6-7,9H2,1H3,(H,20,24). The summed E-state index contributed by atoms with van der Waals surface area (Å²) in [4.78, 5) is 23.9. The van der Waals surface area contributed by atoms with Crippen LogP contribution in [0, 0.1) is 0 Å². The number of halogens is 3. The molecule has 2 rings (SSSR count). The number of hydrogen-bond donors (Lipinski definition) is 1. The molecule has 26 heavy (non-hydrogen) atoms. The van der Waals surface area contributed by atoms with Gasteiger partial charge in [0, 0.05) is 29.8 Å². The molecule has 10 heteroatoms. The topological polar surface area (TPSA) is 82.5 Å². The Morgan fingerprint density at radius 3 is 2.81 bits per heavy atom. The fraction of sp³-hybridized carbons (Fsp3) is 0.312. The average Bonchev–Trinajstić information content (AvgIpc) is 2.60. The zero-order chi connectivity index (χ0) is 19.1. The molecule has 0 aliphatic rings. The Balaban J connectivity index is 2.11. The maximum Gasteiger partial charge on any atom is 0.387 e. The van der Waals surface area contributed by atoms with Gasteiger partial charge in [-0.1, -0.05) is 15.9 Å². The van der Waals surface area contributed by atoms with Crippen molar-refractivity contribution in [2.24, 2.45) is 0 Å². The third kappa shape index (κ3) is 5.60. The van der Waals surface area contributed by atoms with Crippen LogP contribution in [0.2, 0.25) is 0 Å². The van der Waals surface area contributed by atoms with Gasteiger partial charge in [-0.25, -0.2) is 4.68 Å². The molecule has 1 N–H and O–H groups in total. The first kappa shape index (κ1) is 20.0. The number of methoxy groups -OCH3 is 1. The summed E-state index contributed by atoms with van der Waals surface area (Å²) in [6.45, 7) is -2.56. The molecule has 0 unspecified atom stereocenters. The third-order valence-electron chi connectivity index (χ3n) is 3.28. The summed E-state index contributed by atoms with van der Waals surface area (Å²) in [6, 6.07) is 7.00. The van der Waals surface area contributed by atoms with Crippen LogP contribution in [0.25, 0.3) is 0 Å². The maximum absolute atomic E-state index is 12.5. The molecule has 1 amide bonds. The second-order valence-corrected chi connectivity index (χ2v) is 6.00. The van der Waals surface area contributed by atoms with Crippen molar-refractivity contribution >= 4 is 21.8 Å². The molecule has 0 fully saturated rings. The van der Waals surface area contributed by atoms with Crippen LogP contribution in [0.4, 0.5) is 8.78 Å². The van der Waals surface area contributed by atoms with Crippen molar-refractivity contribution < 1.29 is 23.0 Å². The molecule has 0 spiro atoms. The monoisotopic (exact) mass is 431 g/mol. The van der Waals surface area contributed by atoms with Crippen LogP contribution >= 0.6 is 15.9 Å². The van der Waals surface area contributed by atoms with Crippen LogP contribution in [0.3, 0.4) is 0 Å². The van der Waals surface area contributed by atoms with Crippen LogP contribution in [0.5, 0.6) is 5.75 Å². The molecule has 0 saturated carbocycles.